The Morgan fingerprint density at radius 2 is 2.00 bits per heavy atom. The Morgan fingerprint density at radius 1 is 1.10 bits per heavy atom. The Hall–Kier alpha value is -2.81. The first-order valence-corrected chi connectivity index (χ1v) is 10.4. The summed E-state index contributed by atoms with van der Waals surface area (Å²) in [6.07, 6.45) is 10.9. The molecule has 0 N–H and O–H groups in total. The second kappa shape index (κ2) is 7.90. The van der Waals surface area contributed by atoms with Gasteiger partial charge in [0, 0.05) is 38.3 Å². The predicted molar refractivity (Wildman–Crippen MR) is 107 cm³/mol. The van der Waals surface area contributed by atoms with Crippen molar-refractivity contribution >= 4 is 0 Å². The molecule has 0 spiro atoms. The van der Waals surface area contributed by atoms with E-state index in [9.17, 15) is 4.79 Å². The molecular formula is C20H26N8O. The molecule has 9 heteroatoms. The summed E-state index contributed by atoms with van der Waals surface area (Å²) >= 11 is 0. The molecule has 5 rings (SSSR count). The van der Waals surface area contributed by atoms with Crippen molar-refractivity contribution in [1.29, 1.82) is 0 Å². The first-order valence-electron chi connectivity index (χ1n) is 10.4. The maximum atomic E-state index is 12.3. The SMILES string of the molecule is O=c1ccc(-n2cncn2)nn1CC1CCN(Cc2cnc3n2CCCC3)CC1. The molecule has 2 aliphatic rings. The molecule has 0 atom stereocenters. The van der Waals surface area contributed by atoms with Crippen LogP contribution in [0.3, 0.4) is 0 Å². The van der Waals surface area contributed by atoms with E-state index in [-0.39, 0.29) is 5.56 Å². The third-order valence-electron chi connectivity index (χ3n) is 6.08. The molecule has 152 valence electrons. The summed E-state index contributed by atoms with van der Waals surface area (Å²) in [6, 6.07) is 3.24. The fourth-order valence-electron chi connectivity index (χ4n) is 4.42. The summed E-state index contributed by atoms with van der Waals surface area (Å²) in [7, 11) is 0. The number of nitrogens with zero attached hydrogens (tertiary/aromatic N) is 8. The number of aromatic nitrogens is 7. The minimum atomic E-state index is -0.0674. The first-order chi connectivity index (χ1) is 14.3. The van der Waals surface area contributed by atoms with Crippen LogP contribution in [0.25, 0.3) is 5.82 Å². The summed E-state index contributed by atoms with van der Waals surface area (Å²) in [4.78, 5) is 23.3. The van der Waals surface area contributed by atoms with Gasteiger partial charge in [0.25, 0.3) is 5.56 Å². The van der Waals surface area contributed by atoms with E-state index in [1.807, 2.05) is 0 Å². The van der Waals surface area contributed by atoms with E-state index in [0.717, 1.165) is 45.4 Å². The maximum Gasteiger partial charge on any atom is 0.266 e. The molecule has 29 heavy (non-hydrogen) atoms. The van der Waals surface area contributed by atoms with Crippen molar-refractivity contribution in [3.05, 3.63) is 52.9 Å². The number of imidazole rings is 1. The normalized spacial score (nSPS) is 18.1. The highest BCUT2D eigenvalue weighted by Crippen LogP contribution is 2.22. The van der Waals surface area contributed by atoms with E-state index in [2.05, 4.69) is 35.8 Å². The van der Waals surface area contributed by atoms with Crippen LogP contribution in [0.2, 0.25) is 0 Å². The molecule has 0 saturated carbocycles. The van der Waals surface area contributed by atoms with Gasteiger partial charge in [-0.25, -0.2) is 19.3 Å². The van der Waals surface area contributed by atoms with Crippen molar-refractivity contribution < 1.29 is 0 Å². The fourth-order valence-corrected chi connectivity index (χ4v) is 4.42. The number of rotatable bonds is 5. The van der Waals surface area contributed by atoms with Crippen LogP contribution in [0.1, 0.15) is 37.2 Å². The summed E-state index contributed by atoms with van der Waals surface area (Å²) in [5, 5.41) is 8.57. The number of likely N-dealkylation sites (tertiary alicyclic amines) is 1. The van der Waals surface area contributed by atoms with E-state index >= 15 is 0 Å². The van der Waals surface area contributed by atoms with Crippen molar-refractivity contribution in [2.45, 2.75) is 51.7 Å². The molecule has 0 radical (unpaired) electrons. The van der Waals surface area contributed by atoms with Gasteiger partial charge in [0.15, 0.2) is 5.82 Å². The summed E-state index contributed by atoms with van der Waals surface area (Å²) in [5.41, 5.74) is 1.28. The quantitative estimate of drug-likeness (QED) is 0.648. The van der Waals surface area contributed by atoms with Crippen LogP contribution in [0.5, 0.6) is 0 Å². The van der Waals surface area contributed by atoms with Crippen molar-refractivity contribution in [3.8, 4) is 5.82 Å². The zero-order valence-corrected chi connectivity index (χ0v) is 16.5. The number of aryl methyl sites for hydroxylation is 1. The second-order valence-electron chi connectivity index (χ2n) is 8.05. The standard InChI is InChI=1S/C20H26N8O/c29-20-5-4-19(28-15-21-14-23-28)24-27(20)12-16-6-9-25(10-7-16)13-17-11-22-18-3-1-2-8-26(17)18/h4-5,11,14-16H,1-3,6-10,12-13H2. The molecule has 1 fully saturated rings. The lowest BCUT2D eigenvalue weighted by Gasteiger charge is -2.32. The van der Waals surface area contributed by atoms with E-state index in [1.165, 1.54) is 30.7 Å². The molecule has 0 bridgehead atoms. The molecule has 3 aromatic rings. The summed E-state index contributed by atoms with van der Waals surface area (Å²) < 4.78 is 5.56. The molecule has 5 heterocycles. The van der Waals surface area contributed by atoms with Crippen LogP contribution in [-0.2, 0) is 26.1 Å². The van der Waals surface area contributed by atoms with E-state index in [0.29, 0.717) is 18.3 Å². The van der Waals surface area contributed by atoms with Crippen LogP contribution in [0.4, 0.5) is 0 Å². The lowest BCUT2D eigenvalue weighted by Crippen LogP contribution is -2.37. The Balaban J connectivity index is 1.20. The third kappa shape index (κ3) is 3.87. The Labute approximate surface area is 169 Å². The van der Waals surface area contributed by atoms with Crippen molar-refractivity contribution in [2.75, 3.05) is 13.1 Å². The number of hydrogen-bond donors (Lipinski definition) is 0. The highest BCUT2D eigenvalue weighted by molar-refractivity contribution is 5.16. The van der Waals surface area contributed by atoms with E-state index < -0.39 is 0 Å². The van der Waals surface area contributed by atoms with Gasteiger partial charge in [-0.3, -0.25) is 9.69 Å². The highest BCUT2D eigenvalue weighted by Gasteiger charge is 2.22. The van der Waals surface area contributed by atoms with Gasteiger partial charge in [-0.05, 0) is 50.8 Å². The molecule has 2 aliphatic heterocycles. The molecular weight excluding hydrogens is 368 g/mol. The molecule has 0 aliphatic carbocycles. The van der Waals surface area contributed by atoms with Crippen molar-refractivity contribution in [1.82, 2.24) is 39.0 Å². The van der Waals surface area contributed by atoms with Gasteiger partial charge in [0.1, 0.15) is 18.5 Å². The van der Waals surface area contributed by atoms with Crippen LogP contribution in [0.15, 0.2) is 35.8 Å². The average Bonchev–Trinajstić information content (AvgIpc) is 3.42. The number of fused-ring (bicyclic) bond motifs is 1. The summed E-state index contributed by atoms with van der Waals surface area (Å²) in [6.45, 7) is 4.82. The van der Waals surface area contributed by atoms with Gasteiger partial charge < -0.3 is 4.57 Å². The van der Waals surface area contributed by atoms with Gasteiger partial charge >= 0.3 is 0 Å². The van der Waals surface area contributed by atoms with Crippen LogP contribution in [0, 0.1) is 5.92 Å². The van der Waals surface area contributed by atoms with Crippen LogP contribution >= 0.6 is 0 Å². The first kappa shape index (κ1) is 18.2. The smallest absolute Gasteiger partial charge is 0.266 e. The second-order valence-corrected chi connectivity index (χ2v) is 8.05. The van der Waals surface area contributed by atoms with Gasteiger partial charge in [-0.2, -0.15) is 5.10 Å². The topological polar surface area (TPSA) is 86.7 Å². The minimum Gasteiger partial charge on any atom is -0.331 e. The molecule has 0 amide bonds. The van der Waals surface area contributed by atoms with Crippen LogP contribution in [-0.4, -0.2) is 52.1 Å². The van der Waals surface area contributed by atoms with E-state index in [1.54, 1.807) is 27.8 Å². The molecule has 9 nitrogen and oxygen atoms in total. The van der Waals surface area contributed by atoms with Gasteiger partial charge in [0.05, 0.1) is 5.69 Å². The number of piperidine rings is 1. The lowest BCUT2D eigenvalue weighted by atomic mass is 9.96. The Bertz CT molecular complexity index is 1010. The third-order valence-corrected chi connectivity index (χ3v) is 6.08. The molecule has 0 unspecified atom stereocenters. The highest BCUT2D eigenvalue weighted by atomic mass is 16.1. The zero-order valence-electron chi connectivity index (χ0n) is 16.5. The fraction of sp³-hybridized carbons (Fsp3) is 0.550. The van der Waals surface area contributed by atoms with Crippen molar-refractivity contribution in [3.63, 3.8) is 0 Å². The summed E-state index contributed by atoms with van der Waals surface area (Å²) in [5.74, 6) is 2.32. The maximum absolute atomic E-state index is 12.3. The lowest BCUT2D eigenvalue weighted by molar-refractivity contribution is 0.160. The molecule has 0 aromatic carbocycles. The predicted octanol–water partition coefficient (Wildman–Crippen LogP) is 1.27. The number of hydrogen-bond acceptors (Lipinski definition) is 6. The minimum absolute atomic E-state index is 0.0674. The largest absolute Gasteiger partial charge is 0.331 e. The van der Waals surface area contributed by atoms with E-state index in [4.69, 9.17) is 0 Å². The van der Waals surface area contributed by atoms with Gasteiger partial charge in [0.2, 0.25) is 0 Å². The Morgan fingerprint density at radius 3 is 2.83 bits per heavy atom. The zero-order chi connectivity index (χ0) is 19.6. The van der Waals surface area contributed by atoms with Crippen molar-refractivity contribution in [2.24, 2.45) is 5.92 Å². The average molecular weight is 394 g/mol. The monoisotopic (exact) mass is 394 g/mol. The van der Waals surface area contributed by atoms with Gasteiger partial charge in [-0.1, -0.05) is 0 Å². The molecule has 3 aromatic heterocycles. The van der Waals surface area contributed by atoms with Crippen LogP contribution < -0.4 is 5.56 Å². The Kier molecular flexibility index (Phi) is 4.97. The van der Waals surface area contributed by atoms with Gasteiger partial charge in [-0.15, -0.1) is 5.10 Å². The molecule has 1 saturated heterocycles.